The van der Waals surface area contributed by atoms with Crippen molar-refractivity contribution in [2.45, 2.75) is 74.4 Å². The molecule has 6 nitrogen and oxygen atoms in total. The van der Waals surface area contributed by atoms with Gasteiger partial charge in [-0.3, -0.25) is 0 Å². The quantitative estimate of drug-likeness (QED) is 0.363. The molecule has 2 aliphatic rings. The van der Waals surface area contributed by atoms with Crippen molar-refractivity contribution < 1.29 is 27.2 Å². The van der Waals surface area contributed by atoms with E-state index in [2.05, 4.69) is 43.0 Å². The van der Waals surface area contributed by atoms with Crippen molar-refractivity contribution in [1.29, 1.82) is 0 Å². The van der Waals surface area contributed by atoms with Crippen molar-refractivity contribution >= 4 is 21.3 Å². The van der Waals surface area contributed by atoms with Crippen LogP contribution in [0.4, 0.5) is 24.5 Å². The molecular formula is C30H34F3N3O3S. The monoisotopic (exact) mass is 573 g/mol. The molecule has 0 bridgehead atoms. The van der Waals surface area contributed by atoms with Crippen LogP contribution in [0.2, 0.25) is 0 Å². The van der Waals surface area contributed by atoms with Crippen molar-refractivity contribution in [1.82, 2.24) is 4.72 Å². The average Bonchev–Trinajstić information content (AvgIpc) is 3.10. The lowest BCUT2D eigenvalue weighted by Crippen LogP contribution is -2.54. The normalized spacial score (nSPS) is 23.0. The summed E-state index contributed by atoms with van der Waals surface area (Å²) in [6, 6.07) is 20.6. The smallest absolute Gasteiger partial charge is 0.406 e. The number of halogens is 3. The van der Waals surface area contributed by atoms with Crippen LogP contribution in [0.3, 0.4) is 0 Å². The maximum absolute atomic E-state index is 14.0. The van der Waals surface area contributed by atoms with E-state index < -0.39 is 34.2 Å². The minimum absolute atomic E-state index is 0.223. The minimum atomic E-state index is -4.82. The largest absolute Gasteiger partial charge is 0.573 e. The summed E-state index contributed by atoms with van der Waals surface area (Å²) in [6.45, 7) is 0. The number of rotatable bonds is 5. The Labute approximate surface area is 233 Å². The molecule has 5 rings (SSSR count). The summed E-state index contributed by atoms with van der Waals surface area (Å²) in [6.07, 6.45) is 0.151. The number of hydrogen-bond acceptors (Lipinski definition) is 5. The Kier molecular flexibility index (Phi) is 8.39. The maximum Gasteiger partial charge on any atom is 0.573 e. The van der Waals surface area contributed by atoms with Crippen molar-refractivity contribution in [3.8, 4) is 5.75 Å². The first-order valence-corrected chi connectivity index (χ1v) is 15.1. The van der Waals surface area contributed by atoms with Gasteiger partial charge in [0.25, 0.3) is 0 Å². The van der Waals surface area contributed by atoms with Crippen LogP contribution in [0.15, 0.2) is 82.1 Å². The Hall–Kier alpha value is -3.08. The van der Waals surface area contributed by atoms with Gasteiger partial charge in [-0.25, -0.2) is 13.3 Å². The molecule has 1 aliphatic heterocycles. The number of hydrogen-bond donors (Lipinski definition) is 2. The molecule has 1 fully saturated rings. The van der Waals surface area contributed by atoms with E-state index in [4.69, 9.17) is 0 Å². The highest BCUT2D eigenvalue weighted by atomic mass is 32.2. The molecule has 2 N–H and O–H groups in total. The number of nitrogens with zero attached hydrogens (tertiary/aromatic N) is 2. The fourth-order valence-electron chi connectivity index (χ4n) is 5.84. The van der Waals surface area contributed by atoms with Gasteiger partial charge in [0.15, 0.2) is 0 Å². The van der Waals surface area contributed by atoms with Gasteiger partial charge in [0.2, 0.25) is 0 Å². The standard InChI is InChI=1S/C30H34F3N3O3S/c1-34-40(38,24-19-17-23(18-20-24)39-30(31,32)33)35-25-11-3-2-4-14-28(29(25)37)36-26-12-7-5-9-21(26)15-16-22-10-6-8-13-27(22)36/h5-10,12-13,17-20,25,28-29,37H,2-4,11,14-16H2,1H3,(H,34,35,38)/t25-,28-,29+,40?/m1/s1. The topological polar surface area (TPSA) is 74.2 Å². The second kappa shape index (κ2) is 11.8. The highest BCUT2D eigenvalue weighted by Crippen LogP contribution is 2.40. The minimum Gasteiger partial charge on any atom is -0.406 e. The van der Waals surface area contributed by atoms with Crippen LogP contribution in [0, 0.1) is 0 Å². The first kappa shape index (κ1) is 28.4. The van der Waals surface area contributed by atoms with E-state index in [9.17, 15) is 22.5 Å². The Morgan fingerprint density at radius 1 is 0.900 bits per heavy atom. The lowest BCUT2D eigenvalue weighted by atomic mass is 9.89. The third kappa shape index (κ3) is 6.14. The van der Waals surface area contributed by atoms with Crippen LogP contribution >= 0.6 is 0 Å². The number of ether oxygens (including phenoxy) is 1. The Balaban J connectivity index is 1.48. The van der Waals surface area contributed by atoms with Gasteiger partial charge in [0.05, 0.1) is 17.0 Å². The Morgan fingerprint density at radius 3 is 2.05 bits per heavy atom. The third-order valence-electron chi connectivity index (χ3n) is 7.76. The van der Waals surface area contributed by atoms with E-state index in [1.165, 1.54) is 30.3 Å². The molecule has 0 aromatic heterocycles. The van der Waals surface area contributed by atoms with Crippen LogP contribution in [-0.4, -0.2) is 40.9 Å². The number of fused-ring (bicyclic) bond motifs is 2. The van der Waals surface area contributed by atoms with E-state index >= 15 is 0 Å². The first-order valence-electron chi connectivity index (χ1n) is 13.6. The van der Waals surface area contributed by atoms with Crippen molar-refractivity contribution in [3.05, 3.63) is 83.9 Å². The van der Waals surface area contributed by atoms with Gasteiger partial charge in [-0.1, -0.05) is 55.7 Å². The summed E-state index contributed by atoms with van der Waals surface area (Å²) in [5, 5.41) is 12.0. The summed E-state index contributed by atoms with van der Waals surface area (Å²) in [7, 11) is -1.84. The maximum atomic E-state index is 14.0. The molecule has 4 atom stereocenters. The molecular weight excluding hydrogens is 539 g/mol. The van der Waals surface area contributed by atoms with Crippen LogP contribution in [-0.2, 0) is 22.8 Å². The third-order valence-corrected chi connectivity index (χ3v) is 9.81. The molecule has 40 heavy (non-hydrogen) atoms. The number of anilines is 2. The van der Waals surface area contributed by atoms with Gasteiger partial charge in [0, 0.05) is 24.5 Å². The van der Waals surface area contributed by atoms with E-state index in [0.29, 0.717) is 6.42 Å². The SMILES string of the molecule is CN=S(=O)(N[C@@H]1CCCCC[C@@H](N2c3ccccc3CCc3ccccc32)[C@H]1O)c1ccc(OC(F)(F)F)cc1. The zero-order valence-corrected chi connectivity index (χ0v) is 23.1. The number of nitrogens with one attached hydrogen (secondary N) is 1. The van der Waals surface area contributed by atoms with E-state index in [1.54, 1.807) is 0 Å². The van der Waals surface area contributed by atoms with Gasteiger partial charge in [-0.15, -0.1) is 13.2 Å². The molecule has 0 saturated heterocycles. The van der Waals surface area contributed by atoms with Crippen molar-refractivity contribution in [2.75, 3.05) is 11.9 Å². The number of alkyl halides is 3. The molecule has 3 aromatic carbocycles. The van der Waals surface area contributed by atoms with E-state index in [-0.39, 0.29) is 10.9 Å². The summed E-state index contributed by atoms with van der Waals surface area (Å²) < 4.78 is 63.1. The predicted molar refractivity (Wildman–Crippen MR) is 150 cm³/mol. The van der Waals surface area contributed by atoms with E-state index in [0.717, 1.165) is 62.0 Å². The van der Waals surface area contributed by atoms with Gasteiger partial charge >= 0.3 is 6.36 Å². The number of aliphatic hydroxyl groups is 1. The zero-order chi connectivity index (χ0) is 28.3. The molecule has 1 saturated carbocycles. The second-order valence-electron chi connectivity index (χ2n) is 10.3. The van der Waals surface area contributed by atoms with Gasteiger partial charge in [0.1, 0.15) is 15.7 Å². The van der Waals surface area contributed by atoms with Gasteiger partial charge in [-0.05, 0) is 73.2 Å². The molecule has 0 amide bonds. The number of aliphatic hydroxyl groups excluding tert-OH is 1. The molecule has 10 heteroatoms. The summed E-state index contributed by atoms with van der Waals surface area (Å²) in [5.41, 5.74) is 4.56. The first-order chi connectivity index (χ1) is 19.2. The number of benzene rings is 3. The molecule has 3 aromatic rings. The summed E-state index contributed by atoms with van der Waals surface area (Å²) in [5.74, 6) is -0.404. The highest BCUT2D eigenvalue weighted by Gasteiger charge is 2.38. The van der Waals surface area contributed by atoms with Crippen LogP contribution in [0.25, 0.3) is 0 Å². The molecule has 214 valence electrons. The molecule has 0 spiro atoms. The van der Waals surface area contributed by atoms with Crippen LogP contribution < -0.4 is 14.4 Å². The Morgan fingerprint density at radius 2 is 1.48 bits per heavy atom. The second-order valence-corrected chi connectivity index (χ2v) is 12.4. The lowest BCUT2D eigenvalue weighted by Gasteiger charge is -2.42. The van der Waals surface area contributed by atoms with Gasteiger partial charge in [-0.2, -0.15) is 0 Å². The lowest BCUT2D eigenvalue weighted by molar-refractivity contribution is -0.274. The Bertz CT molecular complexity index is 1390. The molecule has 1 unspecified atom stereocenters. The average molecular weight is 574 g/mol. The molecule has 1 aliphatic carbocycles. The highest BCUT2D eigenvalue weighted by molar-refractivity contribution is 7.91. The van der Waals surface area contributed by atoms with E-state index in [1.807, 2.05) is 24.3 Å². The van der Waals surface area contributed by atoms with Crippen molar-refractivity contribution in [2.24, 2.45) is 4.36 Å². The van der Waals surface area contributed by atoms with Crippen molar-refractivity contribution in [3.63, 3.8) is 0 Å². The predicted octanol–water partition coefficient (Wildman–Crippen LogP) is 6.55. The number of para-hydroxylation sites is 2. The molecule has 0 radical (unpaired) electrons. The summed E-state index contributed by atoms with van der Waals surface area (Å²) >= 11 is 0. The number of aryl methyl sites for hydroxylation is 2. The fraction of sp³-hybridized carbons (Fsp3) is 0.400. The zero-order valence-electron chi connectivity index (χ0n) is 22.3. The molecule has 1 heterocycles. The van der Waals surface area contributed by atoms with Gasteiger partial charge < -0.3 is 14.7 Å². The van der Waals surface area contributed by atoms with Crippen LogP contribution in [0.5, 0.6) is 5.75 Å². The van der Waals surface area contributed by atoms with Crippen LogP contribution in [0.1, 0.15) is 43.2 Å². The fourth-order valence-corrected chi connectivity index (χ4v) is 7.47. The summed E-state index contributed by atoms with van der Waals surface area (Å²) in [4.78, 5) is 2.48.